The molecule has 0 fully saturated rings. The number of carbonyl (C=O) groups is 1. The second kappa shape index (κ2) is 6.11. The highest BCUT2D eigenvalue weighted by Gasteiger charge is 2.16. The molecule has 0 spiro atoms. The summed E-state index contributed by atoms with van der Waals surface area (Å²) < 4.78 is 10.4. The molecular formula is C14H9ClN2O4. The summed E-state index contributed by atoms with van der Waals surface area (Å²) in [6.07, 6.45) is 1.35. The van der Waals surface area contributed by atoms with E-state index in [1.165, 1.54) is 31.5 Å². The van der Waals surface area contributed by atoms with E-state index in [1.54, 1.807) is 6.07 Å². The molecule has 7 heteroatoms. The maximum absolute atomic E-state index is 11.2. The molecule has 0 saturated carbocycles. The van der Waals surface area contributed by atoms with Crippen LogP contribution in [0.3, 0.4) is 0 Å². The highest BCUT2D eigenvalue weighted by Crippen LogP contribution is 2.32. The van der Waals surface area contributed by atoms with Gasteiger partial charge in [0.1, 0.15) is 28.2 Å². The zero-order valence-corrected chi connectivity index (χ0v) is 11.6. The number of carboxylic acid groups (broad SMARTS) is 1. The van der Waals surface area contributed by atoms with Crippen LogP contribution >= 0.6 is 11.6 Å². The van der Waals surface area contributed by atoms with E-state index in [2.05, 4.69) is 4.98 Å². The predicted molar refractivity (Wildman–Crippen MR) is 74.0 cm³/mol. The zero-order chi connectivity index (χ0) is 15.4. The molecule has 0 unspecified atom stereocenters. The van der Waals surface area contributed by atoms with Crippen LogP contribution in [-0.2, 0) is 0 Å². The van der Waals surface area contributed by atoms with Crippen molar-refractivity contribution < 1.29 is 19.4 Å². The van der Waals surface area contributed by atoms with Crippen molar-refractivity contribution in [3.8, 4) is 23.4 Å². The third-order valence-corrected chi connectivity index (χ3v) is 2.97. The van der Waals surface area contributed by atoms with Crippen molar-refractivity contribution in [1.29, 1.82) is 5.26 Å². The Morgan fingerprint density at radius 1 is 1.43 bits per heavy atom. The third-order valence-electron chi connectivity index (χ3n) is 2.60. The van der Waals surface area contributed by atoms with Gasteiger partial charge in [0.05, 0.1) is 12.7 Å². The second-order valence-corrected chi connectivity index (χ2v) is 4.24. The van der Waals surface area contributed by atoms with Gasteiger partial charge in [-0.25, -0.2) is 9.78 Å². The van der Waals surface area contributed by atoms with Crippen molar-refractivity contribution in [2.45, 2.75) is 0 Å². The van der Waals surface area contributed by atoms with E-state index in [0.29, 0.717) is 5.75 Å². The topological polar surface area (TPSA) is 92.4 Å². The van der Waals surface area contributed by atoms with Crippen molar-refractivity contribution >= 4 is 17.6 Å². The molecule has 1 aromatic carbocycles. The number of ether oxygens (including phenoxy) is 2. The van der Waals surface area contributed by atoms with Crippen LogP contribution < -0.4 is 9.47 Å². The molecular weight excluding hydrogens is 296 g/mol. The van der Waals surface area contributed by atoms with Crippen molar-refractivity contribution in [1.82, 2.24) is 4.98 Å². The average Bonchev–Trinajstić information content (AvgIpc) is 2.49. The first-order valence-electron chi connectivity index (χ1n) is 5.70. The minimum Gasteiger partial charge on any atom is -0.497 e. The fraction of sp³-hybridized carbons (Fsp3) is 0.0714. The van der Waals surface area contributed by atoms with E-state index < -0.39 is 5.97 Å². The summed E-state index contributed by atoms with van der Waals surface area (Å²) in [7, 11) is 1.43. The van der Waals surface area contributed by atoms with Crippen molar-refractivity contribution in [3.63, 3.8) is 0 Å². The molecule has 6 nitrogen and oxygen atoms in total. The van der Waals surface area contributed by atoms with E-state index in [4.69, 9.17) is 26.3 Å². The van der Waals surface area contributed by atoms with Crippen LogP contribution in [0.2, 0.25) is 5.02 Å². The summed E-state index contributed by atoms with van der Waals surface area (Å²) >= 11 is 5.97. The minimum absolute atomic E-state index is 0.0205. The normalized spacial score (nSPS) is 9.76. The molecule has 0 radical (unpaired) electrons. The molecule has 0 saturated heterocycles. The van der Waals surface area contributed by atoms with E-state index in [1.807, 2.05) is 6.07 Å². The largest absolute Gasteiger partial charge is 0.497 e. The van der Waals surface area contributed by atoms with Gasteiger partial charge in [-0.1, -0.05) is 11.6 Å². The summed E-state index contributed by atoms with van der Waals surface area (Å²) in [5.41, 5.74) is 0.0848. The van der Waals surface area contributed by atoms with Crippen LogP contribution in [0, 0.1) is 11.3 Å². The average molecular weight is 305 g/mol. The highest BCUT2D eigenvalue weighted by atomic mass is 35.5. The lowest BCUT2D eigenvalue weighted by Crippen LogP contribution is -2.02. The number of hydrogen-bond donors (Lipinski definition) is 1. The number of aromatic nitrogens is 1. The Morgan fingerprint density at radius 2 is 2.19 bits per heavy atom. The van der Waals surface area contributed by atoms with Gasteiger partial charge in [0.15, 0.2) is 0 Å². The van der Waals surface area contributed by atoms with Crippen LogP contribution in [0.4, 0.5) is 0 Å². The Labute approximate surface area is 125 Å². The van der Waals surface area contributed by atoms with Gasteiger partial charge >= 0.3 is 5.97 Å². The Bertz CT molecular complexity index is 740. The number of carboxylic acids is 1. The number of methoxy groups -OCH3 is 1. The first-order valence-corrected chi connectivity index (χ1v) is 6.08. The predicted octanol–water partition coefficient (Wildman–Crippen LogP) is 3.11. The van der Waals surface area contributed by atoms with Gasteiger partial charge < -0.3 is 14.6 Å². The van der Waals surface area contributed by atoms with Crippen LogP contribution in [-0.4, -0.2) is 23.2 Å². The third kappa shape index (κ3) is 3.04. The molecule has 21 heavy (non-hydrogen) atoms. The van der Waals surface area contributed by atoms with Crippen LogP contribution in [0.25, 0.3) is 0 Å². The van der Waals surface area contributed by atoms with Gasteiger partial charge in [0, 0.05) is 6.20 Å². The van der Waals surface area contributed by atoms with Gasteiger partial charge in [-0.15, -0.1) is 0 Å². The van der Waals surface area contributed by atoms with Crippen LogP contribution in [0.1, 0.15) is 15.9 Å². The van der Waals surface area contributed by atoms with Crippen molar-refractivity contribution in [3.05, 3.63) is 46.6 Å². The lowest BCUT2D eigenvalue weighted by atomic mass is 10.2. The molecule has 0 aliphatic carbocycles. The fourth-order valence-corrected chi connectivity index (χ4v) is 1.77. The molecule has 0 bridgehead atoms. The molecule has 0 atom stereocenters. The lowest BCUT2D eigenvalue weighted by Gasteiger charge is -2.10. The van der Waals surface area contributed by atoms with Crippen LogP contribution in [0.15, 0.2) is 30.5 Å². The van der Waals surface area contributed by atoms with Crippen LogP contribution in [0.5, 0.6) is 17.4 Å². The molecule has 0 aliphatic heterocycles. The van der Waals surface area contributed by atoms with Gasteiger partial charge in [0.2, 0.25) is 5.88 Å². The number of benzene rings is 1. The van der Waals surface area contributed by atoms with E-state index in [9.17, 15) is 9.90 Å². The maximum Gasteiger partial charge on any atom is 0.339 e. The second-order valence-electron chi connectivity index (χ2n) is 3.86. The number of nitrogens with zero attached hydrogens (tertiary/aromatic N) is 2. The molecule has 0 amide bonds. The Kier molecular flexibility index (Phi) is 4.26. The number of aromatic carboxylic acids is 1. The number of hydrogen-bond acceptors (Lipinski definition) is 5. The lowest BCUT2D eigenvalue weighted by molar-refractivity contribution is 0.0693. The number of nitriles is 1. The van der Waals surface area contributed by atoms with E-state index in [-0.39, 0.29) is 27.8 Å². The quantitative estimate of drug-likeness (QED) is 0.933. The molecule has 1 aromatic heterocycles. The number of halogens is 1. The number of rotatable bonds is 4. The fourth-order valence-electron chi connectivity index (χ4n) is 1.58. The van der Waals surface area contributed by atoms with Gasteiger partial charge in [0.25, 0.3) is 0 Å². The first kappa shape index (κ1) is 14.6. The summed E-state index contributed by atoms with van der Waals surface area (Å²) in [5.74, 6) is -0.794. The number of pyridine rings is 1. The standard InChI is InChI=1S/C14H9ClN2O4/c1-20-9-2-3-11(10(6-9)14(18)19)21-13-12(15)8(7-16)4-5-17-13/h2-6H,1H3,(H,18,19). The Hall–Kier alpha value is -2.78. The monoisotopic (exact) mass is 304 g/mol. The summed E-state index contributed by atoms with van der Waals surface area (Å²) in [4.78, 5) is 15.1. The molecule has 2 rings (SSSR count). The maximum atomic E-state index is 11.2. The minimum atomic E-state index is -1.18. The van der Waals surface area contributed by atoms with Gasteiger partial charge in [-0.2, -0.15) is 5.26 Å². The molecule has 1 N–H and O–H groups in total. The van der Waals surface area contributed by atoms with Gasteiger partial charge in [-0.05, 0) is 24.3 Å². The molecule has 106 valence electrons. The molecule has 0 aliphatic rings. The highest BCUT2D eigenvalue weighted by molar-refractivity contribution is 6.33. The molecule has 2 aromatic rings. The summed E-state index contributed by atoms with van der Waals surface area (Å²) in [5, 5.41) is 18.1. The zero-order valence-electron chi connectivity index (χ0n) is 10.8. The summed E-state index contributed by atoms with van der Waals surface area (Å²) in [6.45, 7) is 0. The van der Waals surface area contributed by atoms with Crippen molar-refractivity contribution in [2.75, 3.05) is 7.11 Å². The smallest absolute Gasteiger partial charge is 0.339 e. The van der Waals surface area contributed by atoms with E-state index >= 15 is 0 Å². The first-order chi connectivity index (χ1) is 10.1. The SMILES string of the molecule is COc1ccc(Oc2nccc(C#N)c2Cl)c(C(=O)O)c1. The van der Waals surface area contributed by atoms with Gasteiger partial charge in [-0.3, -0.25) is 0 Å². The van der Waals surface area contributed by atoms with E-state index in [0.717, 1.165) is 0 Å². The molecule has 1 heterocycles. The van der Waals surface area contributed by atoms with Crippen molar-refractivity contribution in [2.24, 2.45) is 0 Å². The Morgan fingerprint density at radius 3 is 2.81 bits per heavy atom. The Balaban J connectivity index is 2.45. The summed E-state index contributed by atoms with van der Waals surface area (Å²) in [6, 6.07) is 7.62.